The van der Waals surface area contributed by atoms with Crippen molar-refractivity contribution in [2.45, 2.75) is 62.1 Å². The molecule has 322 valence electrons. The van der Waals surface area contributed by atoms with Gasteiger partial charge in [-0.05, 0) is 18.1 Å². The Balaban J connectivity index is 0.985. The molecule has 19 heteroatoms. The van der Waals surface area contributed by atoms with Crippen LogP contribution in [0.3, 0.4) is 0 Å². The van der Waals surface area contributed by atoms with Crippen LogP contribution in [0.25, 0.3) is 0 Å². The Labute approximate surface area is 375 Å². The van der Waals surface area contributed by atoms with Gasteiger partial charge in [-0.15, -0.1) is 11.8 Å². The van der Waals surface area contributed by atoms with Crippen molar-refractivity contribution < 1.29 is 67.8 Å². The van der Waals surface area contributed by atoms with E-state index in [1.165, 1.54) is 40.2 Å². The molecule has 6 atom stereocenters. The van der Waals surface area contributed by atoms with Gasteiger partial charge in [-0.3, -0.25) is 24.1 Å². The van der Waals surface area contributed by atoms with Crippen LogP contribution in [0.5, 0.6) is 0 Å². The maximum atomic E-state index is 13.9. The summed E-state index contributed by atoms with van der Waals surface area (Å²) in [4.78, 5) is 122. The van der Waals surface area contributed by atoms with Gasteiger partial charge in [-0.1, -0.05) is 36.4 Å². The molecule has 62 heavy (non-hydrogen) atoms. The Kier molecular flexibility index (Phi) is 13.6. The Hall–Kier alpha value is -5.80. The summed E-state index contributed by atoms with van der Waals surface area (Å²) in [5, 5.41) is 9.42. The first-order chi connectivity index (χ1) is 29.7. The van der Waals surface area contributed by atoms with Gasteiger partial charge in [0.1, 0.15) is 17.5 Å². The molecule has 16 nitrogen and oxygen atoms in total. The van der Waals surface area contributed by atoms with Crippen molar-refractivity contribution in [2.24, 2.45) is 0 Å². The minimum atomic E-state index is -1.69. The number of nitrogens with zero attached hydrogens (tertiary/aromatic N) is 2. The molecule has 0 spiro atoms. The number of hydrogen-bond donors (Lipinski definition) is 4. The molecule has 2 saturated heterocycles. The first-order valence-corrected chi connectivity index (χ1v) is 23.4. The number of nitrogens with one attached hydrogen (secondary N) is 4. The molecule has 0 saturated carbocycles. The van der Waals surface area contributed by atoms with Crippen LogP contribution in [-0.2, 0) is 41.4 Å². The van der Waals surface area contributed by atoms with E-state index >= 15 is 0 Å². The van der Waals surface area contributed by atoms with E-state index in [1.54, 1.807) is 105 Å². The Morgan fingerprint density at radius 1 is 0.661 bits per heavy atom. The zero-order valence-electron chi connectivity index (χ0n) is 33.4. The predicted octanol–water partition coefficient (Wildman–Crippen LogP) is -0.584. The van der Waals surface area contributed by atoms with Crippen LogP contribution in [0, 0.1) is 0 Å². The molecule has 2 unspecified atom stereocenters. The van der Waals surface area contributed by atoms with Crippen LogP contribution in [0.15, 0.2) is 114 Å². The summed E-state index contributed by atoms with van der Waals surface area (Å²) in [6, 6.07) is 20.2. The van der Waals surface area contributed by atoms with Crippen molar-refractivity contribution in [1.29, 1.82) is 0 Å². The number of β-lactam (4-membered cyclic amide) rings is 2. The van der Waals surface area contributed by atoms with Gasteiger partial charge in [-0.2, -0.15) is 0 Å². The van der Waals surface area contributed by atoms with Gasteiger partial charge < -0.3 is 10.6 Å². The van der Waals surface area contributed by atoms with Crippen molar-refractivity contribution in [1.82, 2.24) is 31.1 Å². The second-order valence-electron chi connectivity index (χ2n) is 14.7. The van der Waals surface area contributed by atoms with E-state index in [0.29, 0.717) is 39.5 Å². The molecule has 4 aliphatic rings. The van der Waals surface area contributed by atoms with E-state index in [9.17, 15) is 43.2 Å². The number of benzene rings is 3. The zero-order valence-corrected chi connectivity index (χ0v) is 37.2. The van der Waals surface area contributed by atoms with Crippen LogP contribution in [0.2, 0.25) is 0 Å². The molecule has 4 heterocycles. The number of Topliss-reactive ketones (excluding diaryl/α,β-unsaturated/α-hetero) is 1. The van der Waals surface area contributed by atoms with Crippen molar-refractivity contribution in [3.63, 3.8) is 0 Å². The monoisotopic (exact) mass is 991 g/mol. The molecule has 7 rings (SSSR count). The van der Waals surface area contributed by atoms with Crippen molar-refractivity contribution in [3.05, 3.63) is 130 Å². The zero-order chi connectivity index (χ0) is 44.2. The van der Waals surface area contributed by atoms with Gasteiger partial charge in [0, 0.05) is 12.7 Å². The number of allylic oxidation sites excluding steroid dienone is 1. The van der Waals surface area contributed by atoms with Crippen molar-refractivity contribution in [2.75, 3.05) is 11.5 Å². The number of fused-ring (bicyclic) bond motifs is 2. The number of thioether (sulfide) groups is 2. The van der Waals surface area contributed by atoms with Gasteiger partial charge in [0.05, 0.1) is 5.70 Å². The van der Waals surface area contributed by atoms with Crippen LogP contribution in [0.4, 0.5) is 0 Å². The van der Waals surface area contributed by atoms with E-state index in [-0.39, 0.29) is 15.3 Å². The summed E-state index contributed by atoms with van der Waals surface area (Å²) in [5.41, 5.74) is 2.82. The van der Waals surface area contributed by atoms with Gasteiger partial charge in [0.25, 0.3) is 5.91 Å². The molecule has 0 bridgehead atoms. The van der Waals surface area contributed by atoms with Crippen molar-refractivity contribution in [3.8, 4) is 0 Å². The average molecular weight is 992 g/mol. The van der Waals surface area contributed by atoms with Crippen LogP contribution >= 0.6 is 23.5 Å². The summed E-state index contributed by atoms with van der Waals surface area (Å²) in [6.07, 6.45) is -0.798. The van der Waals surface area contributed by atoms with Gasteiger partial charge in [-0.25, -0.2) is 0 Å². The van der Waals surface area contributed by atoms with Crippen LogP contribution in [0.1, 0.15) is 60.8 Å². The minimum absolute atomic E-state index is 0.0229. The average Bonchev–Trinajstić information content (AvgIpc) is 3.27. The molecule has 0 aromatic heterocycles. The third-order valence-corrected chi connectivity index (χ3v) is 14.8. The van der Waals surface area contributed by atoms with Gasteiger partial charge >= 0.3 is 217 Å². The summed E-state index contributed by atoms with van der Waals surface area (Å²) in [7, 11) is 0. The van der Waals surface area contributed by atoms with E-state index in [0.717, 1.165) is 5.57 Å². The molecule has 0 radical (unpaired) electrons. The molecular weight excluding hydrogens is 952 g/mol. The summed E-state index contributed by atoms with van der Waals surface area (Å²) >= 11 is 1.04. The molecule has 4 N–H and O–H groups in total. The normalized spacial score (nSPS) is 21.3. The first kappa shape index (κ1) is 44.3. The largest absolute Gasteiger partial charge is 0.292 e. The molecule has 4 aliphatic heterocycles. The van der Waals surface area contributed by atoms with Crippen LogP contribution in [-0.4, -0.2) is 95.1 Å². The van der Waals surface area contributed by atoms with Gasteiger partial charge in [0.15, 0.2) is 5.78 Å². The third kappa shape index (κ3) is 9.19. The SMILES string of the molecule is CC(=O)C1=C(C)CSC2[C@H](NC(=O)[C@@H](NC(=O)CC(=O)N[C@@H](C(=O)N[C@H]3C(=O)N4C(C(=O)O[I-]C(=O)c5ccccc5)=C(C)CSC34)c3ccccc3)c3ccccc3)C(=O)N12. The van der Waals surface area contributed by atoms with Gasteiger partial charge in [0.2, 0.25) is 11.8 Å². The standard InChI is InChI=1S/C43H40IN6O10S2/c1-22-20-61-41-32(39(57)49(41)34(22)24(3)51)47-37(55)30(25-13-7-4-8-14-25)45-28(52)19-29(53)46-31(26-15-9-5-10-16-26)38(56)48-33-40(58)50-35(23(2)21-62-42(33)50)43(59)60-44-36(54)27-17-11-6-12-18-27/h4-18,30-33,41-42H,19-21H2,1-3H3,(H,45,52)(H,46,53)(H,47,55)(H,48,56)/q-1/t30-,31+,32+,33-,41?,42?/m0/s1. The summed E-state index contributed by atoms with van der Waals surface area (Å²) < 4.78 is 5.12. The molecule has 3 aromatic carbocycles. The number of hydrogen-bond acceptors (Lipinski definition) is 12. The summed E-state index contributed by atoms with van der Waals surface area (Å²) in [5.74, 6) is -4.44. The number of halogens is 1. The molecule has 2 fully saturated rings. The number of ketones is 1. The number of rotatable bonds is 15. The summed E-state index contributed by atoms with van der Waals surface area (Å²) in [6.45, 7) is 4.84. The third-order valence-electron chi connectivity index (χ3n) is 10.3. The minimum Gasteiger partial charge on any atom is -0.292 e. The van der Waals surface area contributed by atoms with E-state index in [1.807, 2.05) is 0 Å². The predicted molar refractivity (Wildman–Crippen MR) is 222 cm³/mol. The smallest absolute Gasteiger partial charge is 0.253 e. The Morgan fingerprint density at radius 2 is 1.08 bits per heavy atom. The fourth-order valence-corrected chi connectivity index (χ4v) is 11.2. The molecule has 6 amide bonds. The first-order valence-electron chi connectivity index (χ1n) is 19.3. The Morgan fingerprint density at radius 3 is 1.53 bits per heavy atom. The number of carbonyl (C=O) groups is 9. The fraction of sp³-hybridized carbons (Fsp3) is 0.279. The quantitative estimate of drug-likeness (QED) is 0.0652. The second-order valence-corrected chi connectivity index (χ2v) is 18.8. The van der Waals surface area contributed by atoms with Crippen molar-refractivity contribution >= 4 is 74.5 Å². The Bertz CT molecular complexity index is 2420. The molecule has 3 aromatic rings. The topological polar surface area (TPSA) is 217 Å². The number of amides is 6. The van der Waals surface area contributed by atoms with Crippen LogP contribution < -0.4 is 42.9 Å². The van der Waals surface area contributed by atoms with E-state index < -0.39 is 104 Å². The fourth-order valence-electron chi connectivity index (χ4n) is 7.38. The molecular formula is C43H40IN6O10S2-. The van der Waals surface area contributed by atoms with E-state index in [4.69, 9.17) is 3.07 Å². The second kappa shape index (κ2) is 19.1. The number of carbonyl (C=O) groups excluding carboxylic acids is 9. The molecule has 0 aliphatic carbocycles. The maximum Gasteiger partial charge on any atom is 0.253 e. The maximum absolute atomic E-state index is 13.9. The van der Waals surface area contributed by atoms with E-state index in [2.05, 4.69) is 21.3 Å².